The van der Waals surface area contributed by atoms with Crippen LogP contribution in [0.25, 0.3) is 0 Å². The number of rotatable bonds is 12. The topological polar surface area (TPSA) is 228 Å². The van der Waals surface area contributed by atoms with Crippen molar-refractivity contribution in [2.75, 3.05) is 30.9 Å². The average Bonchev–Trinajstić information content (AvgIpc) is 3.82. The second kappa shape index (κ2) is 21.7. The Morgan fingerprint density at radius 2 is 1.68 bits per heavy atom. The van der Waals surface area contributed by atoms with E-state index in [4.69, 9.17) is 35.4 Å². The molecule has 20 heteroatoms. The van der Waals surface area contributed by atoms with Crippen LogP contribution in [0.15, 0.2) is 35.9 Å². The van der Waals surface area contributed by atoms with E-state index < -0.39 is 94.0 Å². The maximum atomic E-state index is 14.3. The summed E-state index contributed by atoms with van der Waals surface area (Å²) in [5, 5.41) is 14.8. The number of alkyl carbamates (subject to hydrolysis) is 1. The molecule has 5 heterocycles. The number of nitrogens with zero attached hydrogens (tertiary/aromatic N) is 3. The Bertz CT molecular complexity index is 2350. The average molecular weight is 1030 g/mol. The van der Waals surface area contributed by atoms with Gasteiger partial charge in [-0.25, -0.2) is 14.4 Å². The van der Waals surface area contributed by atoms with Crippen LogP contribution < -0.4 is 10.2 Å². The highest BCUT2D eigenvalue weighted by atomic mass is 35.5. The third-order valence-electron chi connectivity index (χ3n) is 14.9. The number of anilines is 1. The molecule has 0 spiro atoms. The van der Waals surface area contributed by atoms with Gasteiger partial charge in [0.2, 0.25) is 17.7 Å². The minimum absolute atomic E-state index is 0.000748. The molecule has 8 atom stereocenters. The van der Waals surface area contributed by atoms with Gasteiger partial charge in [0.05, 0.1) is 34.4 Å². The number of thioether (sulfide) groups is 1. The maximum absolute atomic E-state index is 14.3. The third kappa shape index (κ3) is 12.2. The van der Waals surface area contributed by atoms with E-state index in [1.54, 1.807) is 27.8 Å². The lowest BCUT2D eigenvalue weighted by Gasteiger charge is -2.41. The number of halogens is 1. The van der Waals surface area contributed by atoms with Crippen molar-refractivity contribution in [2.24, 2.45) is 23.7 Å². The quantitative estimate of drug-likeness (QED) is 0.105. The minimum Gasteiger partial charge on any atom is -0.457 e. The molecule has 1 aromatic rings. The summed E-state index contributed by atoms with van der Waals surface area (Å²) in [6.45, 7) is 12.7. The van der Waals surface area contributed by atoms with Gasteiger partial charge in [-0.3, -0.25) is 34.2 Å². The smallest absolute Gasteiger partial charge is 0.409 e. The number of amides is 6. The SMILES string of the molecule is C/C1=C\C=C\[C@@H](C)[C@@]2(O)CC(OC(=O)N2)[C@@H](C)[C@@H]2O[C@@]2(C)[C@@H](OC(=O)C(C)(C)OCCCSC2CC(=O)N(CC3CCC(C(=O)ON4C(=O)CCC4=O)CC3)C2=O)CC(=O)N(C)c2cc(cc(C)c2Cl)C1. The predicted octanol–water partition coefficient (Wildman–Crippen LogP) is 6.05. The monoisotopic (exact) mass is 1030 g/mol. The van der Waals surface area contributed by atoms with Crippen LogP contribution in [0.1, 0.15) is 117 Å². The molecule has 0 aromatic heterocycles. The Morgan fingerprint density at radius 3 is 2.37 bits per heavy atom. The summed E-state index contributed by atoms with van der Waals surface area (Å²) >= 11 is 8.17. The molecular weight excluding hydrogens is 960 g/mol. The van der Waals surface area contributed by atoms with Crippen LogP contribution in [0.3, 0.4) is 0 Å². The lowest BCUT2D eigenvalue weighted by molar-refractivity contribution is -0.201. The van der Waals surface area contributed by atoms with Crippen LogP contribution in [-0.4, -0.2) is 129 Å². The zero-order valence-electron chi connectivity index (χ0n) is 41.8. The minimum atomic E-state index is -1.64. The van der Waals surface area contributed by atoms with Crippen molar-refractivity contribution in [1.82, 2.24) is 15.3 Å². The molecule has 0 radical (unpaired) electrons. The number of hydrogen-bond donors (Lipinski definition) is 2. The maximum Gasteiger partial charge on any atom is 0.409 e. The van der Waals surface area contributed by atoms with E-state index in [0.29, 0.717) is 60.1 Å². The number of hydrogen-bond acceptors (Lipinski definition) is 15. The molecule has 6 amide bonds. The summed E-state index contributed by atoms with van der Waals surface area (Å²) in [5.41, 5.74) is -1.16. The number of allylic oxidation sites excluding steroid dienone is 3. The van der Waals surface area contributed by atoms with Gasteiger partial charge in [-0.2, -0.15) is 0 Å². The number of aryl methyl sites for hydroxylation is 1. The first-order valence-electron chi connectivity index (χ1n) is 24.6. The van der Waals surface area contributed by atoms with E-state index in [1.807, 2.05) is 58.1 Å². The number of aliphatic hydroxyl groups is 1. The normalized spacial score (nSPS) is 33.0. The van der Waals surface area contributed by atoms with Crippen LogP contribution >= 0.6 is 23.4 Å². The second-order valence-electron chi connectivity index (χ2n) is 20.8. The fraction of sp³-hybridized carbons (Fsp3) is 0.647. The van der Waals surface area contributed by atoms with E-state index in [1.165, 1.54) is 21.6 Å². The molecule has 4 saturated heterocycles. The van der Waals surface area contributed by atoms with Crippen molar-refractivity contribution in [3.8, 4) is 0 Å². The second-order valence-corrected chi connectivity index (χ2v) is 22.5. The van der Waals surface area contributed by atoms with Gasteiger partial charge in [0, 0.05) is 57.7 Å². The van der Waals surface area contributed by atoms with Crippen LogP contribution in [-0.2, 0) is 63.8 Å². The van der Waals surface area contributed by atoms with E-state index in [0.717, 1.165) is 16.7 Å². The molecular formula is C51H67ClN4O14S. The number of ether oxygens (including phenoxy) is 4. The highest BCUT2D eigenvalue weighted by Gasteiger charge is 2.64. The first-order valence-corrected chi connectivity index (χ1v) is 26.0. The van der Waals surface area contributed by atoms with Crippen molar-refractivity contribution >= 4 is 76.6 Å². The zero-order chi connectivity index (χ0) is 51.7. The number of carbonyl (C=O) groups excluding carboxylic acids is 8. The molecule has 1 saturated carbocycles. The number of esters is 1. The van der Waals surface area contributed by atoms with Crippen molar-refractivity contribution in [2.45, 2.75) is 160 Å². The zero-order valence-corrected chi connectivity index (χ0v) is 43.4. The Labute approximate surface area is 423 Å². The third-order valence-corrected chi connectivity index (χ3v) is 16.7. The van der Waals surface area contributed by atoms with Gasteiger partial charge in [0.1, 0.15) is 23.5 Å². The molecule has 2 unspecified atom stereocenters. The number of likely N-dealkylation sites (tertiary alicyclic amines) is 1. The Hall–Kier alpha value is -4.82. The highest BCUT2D eigenvalue weighted by molar-refractivity contribution is 8.00. The molecule has 5 fully saturated rings. The van der Waals surface area contributed by atoms with Crippen molar-refractivity contribution in [1.29, 1.82) is 0 Å². The molecule has 388 valence electrons. The van der Waals surface area contributed by atoms with Crippen molar-refractivity contribution in [3.05, 3.63) is 52.1 Å². The lowest BCUT2D eigenvalue weighted by atomic mass is 9.82. The number of epoxide rings is 1. The van der Waals surface area contributed by atoms with E-state index in [-0.39, 0.29) is 63.0 Å². The summed E-state index contributed by atoms with van der Waals surface area (Å²) in [6.07, 6.45) is 5.12. The molecule has 1 aromatic carbocycles. The number of benzene rings is 1. The van der Waals surface area contributed by atoms with Crippen molar-refractivity contribution in [3.63, 3.8) is 0 Å². The van der Waals surface area contributed by atoms with Crippen LogP contribution in [0.2, 0.25) is 5.02 Å². The molecule has 1 aliphatic carbocycles. The van der Waals surface area contributed by atoms with Gasteiger partial charge >= 0.3 is 18.0 Å². The van der Waals surface area contributed by atoms with Crippen LogP contribution in [0.5, 0.6) is 0 Å². The summed E-state index contributed by atoms with van der Waals surface area (Å²) < 4.78 is 24.4. The summed E-state index contributed by atoms with van der Waals surface area (Å²) in [4.78, 5) is 112. The fourth-order valence-electron chi connectivity index (χ4n) is 10.1. The number of nitrogens with one attached hydrogen (secondary N) is 1. The molecule has 6 aliphatic rings. The standard InChI is InChI=1S/C51H67ClN4O14S/c1-28-11-9-12-30(3)51(65)26-36(67-48(64)53-51)31(4)44-50(7,69-44)38(25-41(59)54(8)35-23-33(21-28)22-29(2)43(35)52)68-47(63)49(5,6)66-19-10-20-71-37-24-42(60)55(45(37)61)27-32-13-15-34(16-14-32)46(62)70-56-39(57)17-18-40(56)58/h9,11-12,22-23,30-32,34,36-38,44,65H,10,13-21,24-27H2,1-8H3,(H,53,64)/b12-9+,28-11+/t30-,31-,32?,34?,36?,37?,38+,44+,50+,51+/m1/s1. The van der Waals surface area contributed by atoms with Gasteiger partial charge in [-0.1, -0.05) is 55.3 Å². The van der Waals surface area contributed by atoms with Gasteiger partial charge in [0.15, 0.2) is 5.60 Å². The van der Waals surface area contributed by atoms with E-state index in [2.05, 4.69) is 5.32 Å². The number of fused-ring (bicyclic) bond motifs is 5. The first-order chi connectivity index (χ1) is 33.4. The number of carbonyl (C=O) groups is 8. The van der Waals surface area contributed by atoms with E-state index >= 15 is 0 Å². The Morgan fingerprint density at radius 1 is 0.986 bits per heavy atom. The molecule has 4 bridgehead atoms. The molecule has 18 nitrogen and oxygen atoms in total. The summed E-state index contributed by atoms with van der Waals surface area (Å²) in [5.74, 6) is -4.40. The Kier molecular flexibility index (Phi) is 16.5. The summed E-state index contributed by atoms with van der Waals surface area (Å²) in [7, 11) is 1.62. The summed E-state index contributed by atoms with van der Waals surface area (Å²) in [6, 6.07) is 3.82. The van der Waals surface area contributed by atoms with Gasteiger partial charge in [-0.15, -0.1) is 16.8 Å². The van der Waals surface area contributed by atoms with Crippen LogP contribution in [0, 0.1) is 30.6 Å². The molecule has 5 aliphatic heterocycles. The molecule has 2 N–H and O–H groups in total. The first kappa shape index (κ1) is 54.0. The van der Waals surface area contributed by atoms with Gasteiger partial charge in [-0.05, 0) is 102 Å². The van der Waals surface area contributed by atoms with Gasteiger partial charge < -0.3 is 33.8 Å². The molecule has 7 rings (SSSR count). The highest BCUT2D eigenvalue weighted by Crippen LogP contribution is 2.49. The Balaban J connectivity index is 0.953. The molecule has 71 heavy (non-hydrogen) atoms. The fourth-order valence-corrected chi connectivity index (χ4v) is 11.5. The number of imide groups is 2. The van der Waals surface area contributed by atoms with Crippen molar-refractivity contribution < 1.29 is 67.2 Å². The lowest BCUT2D eigenvalue weighted by Crippen LogP contribution is -2.60. The number of hydroxylamine groups is 2. The van der Waals surface area contributed by atoms with Gasteiger partial charge in [0.25, 0.3) is 11.8 Å². The van der Waals surface area contributed by atoms with E-state index in [9.17, 15) is 43.5 Å². The predicted molar refractivity (Wildman–Crippen MR) is 260 cm³/mol. The largest absolute Gasteiger partial charge is 0.457 e. The van der Waals surface area contributed by atoms with Crippen LogP contribution in [0.4, 0.5) is 10.5 Å².